The molecule has 0 spiro atoms. The lowest BCUT2D eigenvalue weighted by atomic mass is 10.0. The maximum Gasteiger partial charge on any atom is 0.320 e. The number of halogens is 2. The molecule has 0 saturated carbocycles. The highest BCUT2D eigenvalue weighted by molar-refractivity contribution is 9.10. The monoisotopic (exact) mass is 399 g/mol. The third-order valence-corrected chi connectivity index (χ3v) is 5.77. The molecule has 116 valence electrons. The van der Waals surface area contributed by atoms with Crippen LogP contribution in [-0.2, 0) is 4.79 Å². The van der Waals surface area contributed by atoms with E-state index in [1.165, 1.54) is 11.3 Å². The third kappa shape index (κ3) is 3.23. The molecule has 1 fully saturated rings. The fourth-order valence-corrected chi connectivity index (χ4v) is 4.48. The summed E-state index contributed by atoms with van der Waals surface area (Å²) in [5.74, 6) is -0.748. The normalized spacial score (nSPS) is 20.2. The second kappa shape index (κ2) is 6.71. The fraction of sp³-hybridized carbons (Fsp3) is 0.312. The largest absolute Gasteiger partial charge is 0.480 e. The predicted octanol–water partition coefficient (Wildman–Crippen LogP) is 4.80. The molecule has 22 heavy (non-hydrogen) atoms. The van der Waals surface area contributed by atoms with Gasteiger partial charge in [0.1, 0.15) is 6.04 Å². The summed E-state index contributed by atoms with van der Waals surface area (Å²) in [4.78, 5) is 14.7. The minimum Gasteiger partial charge on any atom is -0.480 e. The van der Waals surface area contributed by atoms with Crippen LogP contribution in [-0.4, -0.2) is 28.6 Å². The van der Waals surface area contributed by atoms with E-state index in [0.29, 0.717) is 6.42 Å². The Morgan fingerprint density at radius 2 is 2.05 bits per heavy atom. The van der Waals surface area contributed by atoms with E-state index in [4.69, 9.17) is 11.6 Å². The summed E-state index contributed by atoms with van der Waals surface area (Å²) in [5, 5.41) is 9.50. The molecule has 1 N–H and O–H groups in total. The van der Waals surface area contributed by atoms with Crippen LogP contribution in [0.1, 0.15) is 29.3 Å². The van der Waals surface area contributed by atoms with Gasteiger partial charge in [0.25, 0.3) is 0 Å². The molecule has 3 rings (SSSR count). The molecule has 1 saturated heterocycles. The summed E-state index contributed by atoms with van der Waals surface area (Å²) in [7, 11) is 0. The average molecular weight is 401 g/mol. The Morgan fingerprint density at radius 3 is 2.64 bits per heavy atom. The quantitative estimate of drug-likeness (QED) is 0.801. The minimum atomic E-state index is -0.748. The SMILES string of the molecule is O=C(O)C1CCCN1C(c1ccc(Br)cc1)c1ccc(Cl)s1. The molecule has 2 aromatic rings. The molecule has 1 aromatic carbocycles. The predicted molar refractivity (Wildman–Crippen MR) is 92.7 cm³/mol. The lowest BCUT2D eigenvalue weighted by molar-refractivity contribution is -0.142. The van der Waals surface area contributed by atoms with Crippen LogP contribution in [0.5, 0.6) is 0 Å². The first-order valence-electron chi connectivity index (χ1n) is 7.05. The van der Waals surface area contributed by atoms with Gasteiger partial charge in [-0.1, -0.05) is 39.7 Å². The average Bonchev–Trinajstić information content (AvgIpc) is 3.11. The van der Waals surface area contributed by atoms with Crippen LogP contribution in [0, 0.1) is 0 Å². The minimum absolute atomic E-state index is 0.0609. The molecule has 2 unspecified atom stereocenters. The number of carboxylic acids is 1. The number of thiophene rings is 1. The molecule has 0 bridgehead atoms. The number of likely N-dealkylation sites (tertiary alicyclic amines) is 1. The zero-order valence-electron chi connectivity index (χ0n) is 11.7. The van der Waals surface area contributed by atoms with Gasteiger partial charge in [0.05, 0.1) is 10.4 Å². The molecular formula is C16H15BrClNO2S. The van der Waals surface area contributed by atoms with E-state index in [2.05, 4.69) is 20.8 Å². The van der Waals surface area contributed by atoms with E-state index in [1.54, 1.807) is 0 Å². The van der Waals surface area contributed by atoms with Crippen molar-refractivity contribution in [1.29, 1.82) is 0 Å². The Balaban J connectivity index is 2.03. The smallest absolute Gasteiger partial charge is 0.320 e. The van der Waals surface area contributed by atoms with E-state index >= 15 is 0 Å². The van der Waals surface area contributed by atoms with Crippen LogP contribution in [0.15, 0.2) is 40.9 Å². The molecule has 0 aliphatic carbocycles. The summed E-state index contributed by atoms with van der Waals surface area (Å²) < 4.78 is 1.73. The highest BCUT2D eigenvalue weighted by Gasteiger charge is 2.37. The molecule has 0 radical (unpaired) electrons. The van der Waals surface area contributed by atoms with Gasteiger partial charge in [0.15, 0.2) is 0 Å². The van der Waals surface area contributed by atoms with Crippen molar-refractivity contribution >= 4 is 44.8 Å². The Kier molecular flexibility index (Phi) is 4.88. The number of hydrogen-bond acceptors (Lipinski definition) is 3. The highest BCUT2D eigenvalue weighted by atomic mass is 79.9. The maximum atomic E-state index is 11.6. The van der Waals surface area contributed by atoms with Gasteiger partial charge >= 0.3 is 5.97 Å². The Bertz CT molecular complexity index is 673. The number of rotatable bonds is 4. The summed E-state index contributed by atoms with van der Waals surface area (Å²) in [5.41, 5.74) is 1.09. The topological polar surface area (TPSA) is 40.5 Å². The van der Waals surface area contributed by atoms with Crippen LogP contribution < -0.4 is 0 Å². The van der Waals surface area contributed by atoms with E-state index in [1.807, 2.05) is 36.4 Å². The zero-order chi connectivity index (χ0) is 15.7. The number of carboxylic acid groups (broad SMARTS) is 1. The molecule has 3 nitrogen and oxygen atoms in total. The number of nitrogens with zero attached hydrogens (tertiary/aromatic N) is 1. The lowest BCUT2D eigenvalue weighted by Gasteiger charge is -2.31. The summed E-state index contributed by atoms with van der Waals surface area (Å²) >= 11 is 11.1. The number of benzene rings is 1. The summed E-state index contributed by atoms with van der Waals surface area (Å²) in [6.07, 6.45) is 1.60. The first-order chi connectivity index (χ1) is 10.6. The first kappa shape index (κ1) is 16.0. The van der Waals surface area contributed by atoms with Gasteiger partial charge in [0, 0.05) is 15.9 Å². The Labute approximate surface area is 146 Å². The molecule has 2 heterocycles. The van der Waals surface area contributed by atoms with Gasteiger partial charge in [-0.15, -0.1) is 11.3 Å². The molecule has 2 atom stereocenters. The Morgan fingerprint density at radius 1 is 1.32 bits per heavy atom. The van der Waals surface area contributed by atoms with Crippen LogP contribution >= 0.6 is 38.9 Å². The molecule has 1 aromatic heterocycles. The lowest BCUT2D eigenvalue weighted by Crippen LogP contribution is -2.38. The van der Waals surface area contributed by atoms with Crippen molar-refractivity contribution < 1.29 is 9.90 Å². The number of hydrogen-bond donors (Lipinski definition) is 1. The van der Waals surface area contributed by atoms with Crippen molar-refractivity contribution in [2.45, 2.75) is 24.9 Å². The van der Waals surface area contributed by atoms with Crippen LogP contribution in [0.3, 0.4) is 0 Å². The van der Waals surface area contributed by atoms with Gasteiger partial charge in [-0.3, -0.25) is 9.69 Å². The van der Waals surface area contributed by atoms with Gasteiger partial charge in [-0.25, -0.2) is 0 Å². The zero-order valence-corrected chi connectivity index (χ0v) is 14.9. The van der Waals surface area contributed by atoms with E-state index in [-0.39, 0.29) is 6.04 Å². The van der Waals surface area contributed by atoms with Gasteiger partial charge in [-0.2, -0.15) is 0 Å². The van der Waals surface area contributed by atoms with Crippen molar-refractivity contribution in [1.82, 2.24) is 4.90 Å². The van der Waals surface area contributed by atoms with Crippen molar-refractivity contribution in [2.24, 2.45) is 0 Å². The van der Waals surface area contributed by atoms with Gasteiger partial charge in [0.2, 0.25) is 0 Å². The maximum absolute atomic E-state index is 11.6. The van der Waals surface area contributed by atoms with Crippen molar-refractivity contribution in [3.63, 3.8) is 0 Å². The highest BCUT2D eigenvalue weighted by Crippen LogP contribution is 2.39. The van der Waals surface area contributed by atoms with Gasteiger partial charge in [-0.05, 0) is 42.7 Å². The standard InChI is InChI=1S/C16H15BrClNO2S/c17-11-5-3-10(4-6-11)15(13-7-8-14(18)22-13)19-9-1-2-12(19)16(20)21/h3-8,12,15H,1-2,9H2,(H,20,21). The molecule has 6 heteroatoms. The van der Waals surface area contributed by atoms with E-state index in [9.17, 15) is 9.90 Å². The van der Waals surface area contributed by atoms with E-state index < -0.39 is 12.0 Å². The molecule has 1 aliphatic rings. The van der Waals surface area contributed by atoms with Crippen molar-refractivity contribution in [3.8, 4) is 0 Å². The number of aliphatic carboxylic acids is 1. The molecular weight excluding hydrogens is 386 g/mol. The number of carbonyl (C=O) groups is 1. The van der Waals surface area contributed by atoms with Crippen LogP contribution in [0.4, 0.5) is 0 Å². The van der Waals surface area contributed by atoms with Crippen LogP contribution in [0.2, 0.25) is 4.34 Å². The third-order valence-electron chi connectivity index (χ3n) is 3.96. The van der Waals surface area contributed by atoms with Crippen LogP contribution in [0.25, 0.3) is 0 Å². The van der Waals surface area contributed by atoms with Crippen molar-refractivity contribution in [3.05, 3.63) is 55.6 Å². The fourth-order valence-electron chi connectivity index (χ4n) is 3.00. The summed E-state index contributed by atoms with van der Waals surface area (Å²) in [6, 6.07) is 11.4. The summed E-state index contributed by atoms with van der Waals surface area (Å²) in [6.45, 7) is 0.785. The van der Waals surface area contributed by atoms with Crippen molar-refractivity contribution in [2.75, 3.05) is 6.54 Å². The first-order valence-corrected chi connectivity index (χ1v) is 9.04. The second-order valence-corrected chi connectivity index (χ2v) is 7.99. The molecule has 0 amide bonds. The second-order valence-electron chi connectivity index (χ2n) is 5.33. The van der Waals surface area contributed by atoms with E-state index in [0.717, 1.165) is 32.2 Å². The molecule has 1 aliphatic heterocycles. The Hall–Kier alpha value is -0.880. The van der Waals surface area contributed by atoms with Gasteiger partial charge < -0.3 is 5.11 Å².